The van der Waals surface area contributed by atoms with Crippen LogP contribution in [0.25, 0.3) is 0 Å². The van der Waals surface area contributed by atoms with E-state index >= 15 is 0 Å². The molecular formula is C12H24O2. The number of epoxide rings is 2. The van der Waals surface area contributed by atoms with Gasteiger partial charge in [-0.05, 0) is 18.8 Å². The van der Waals surface area contributed by atoms with Crippen molar-refractivity contribution >= 4 is 0 Å². The molecule has 2 heterocycles. The van der Waals surface area contributed by atoms with Gasteiger partial charge in [-0.25, -0.2) is 0 Å². The highest BCUT2D eigenvalue weighted by Crippen LogP contribution is 2.18. The summed E-state index contributed by atoms with van der Waals surface area (Å²) in [5.74, 6) is 0.812. The van der Waals surface area contributed by atoms with Gasteiger partial charge in [0.05, 0.1) is 25.4 Å². The zero-order valence-corrected chi connectivity index (χ0v) is 9.79. The quantitative estimate of drug-likeness (QED) is 0.637. The van der Waals surface area contributed by atoms with Gasteiger partial charge in [0.15, 0.2) is 0 Å². The molecule has 2 heteroatoms. The summed E-state index contributed by atoms with van der Waals surface area (Å²) in [5, 5.41) is 0. The molecule has 2 aliphatic heterocycles. The number of hydrogen-bond donors (Lipinski definition) is 0. The Hall–Kier alpha value is -0.0800. The van der Waals surface area contributed by atoms with Gasteiger partial charge in [-0.3, -0.25) is 0 Å². The molecular weight excluding hydrogens is 176 g/mol. The number of ether oxygens (including phenoxy) is 2. The molecule has 2 nitrogen and oxygen atoms in total. The molecule has 0 aliphatic carbocycles. The third-order valence-corrected chi connectivity index (χ3v) is 2.42. The van der Waals surface area contributed by atoms with E-state index in [1.807, 2.05) is 0 Å². The first-order valence-electron chi connectivity index (χ1n) is 5.95. The van der Waals surface area contributed by atoms with E-state index in [4.69, 9.17) is 9.47 Å². The van der Waals surface area contributed by atoms with Crippen LogP contribution >= 0.6 is 0 Å². The molecule has 0 bridgehead atoms. The standard InChI is InChI=1S/2C6H12O/c1-5(2)3-6-4-7-6;1-2-3-4-6-5-7-6/h5-6H,3-4H2,1-2H3;6H,2-5H2,1H3. The maximum absolute atomic E-state index is 5.02. The summed E-state index contributed by atoms with van der Waals surface area (Å²) in [6.07, 6.45) is 6.46. The normalized spacial score (nSPS) is 28.3. The molecule has 0 aromatic heterocycles. The first-order valence-corrected chi connectivity index (χ1v) is 5.95. The van der Waals surface area contributed by atoms with Crippen LogP contribution in [-0.4, -0.2) is 25.4 Å². The van der Waals surface area contributed by atoms with Gasteiger partial charge in [-0.1, -0.05) is 33.6 Å². The second-order valence-electron chi connectivity index (χ2n) is 4.68. The molecule has 2 aliphatic rings. The highest BCUT2D eigenvalue weighted by molar-refractivity contribution is 4.69. The Morgan fingerprint density at radius 1 is 1.14 bits per heavy atom. The van der Waals surface area contributed by atoms with Crippen LogP contribution in [0.5, 0.6) is 0 Å². The van der Waals surface area contributed by atoms with Gasteiger partial charge in [0.25, 0.3) is 0 Å². The molecule has 14 heavy (non-hydrogen) atoms. The molecule has 2 atom stereocenters. The fourth-order valence-corrected chi connectivity index (χ4v) is 1.40. The summed E-state index contributed by atoms with van der Waals surface area (Å²) in [6.45, 7) is 8.70. The van der Waals surface area contributed by atoms with Gasteiger partial charge in [-0.2, -0.15) is 0 Å². The molecule has 0 saturated carbocycles. The van der Waals surface area contributed by atoms with Crippen LogP contribution in [-0.2, 0) is 9.47 Å². The van der Waals surface area contributed by atoms with Gasteiger partial charge < -0.3 is 9.47 Å². The van der Waals surface area contributed by atoms with E-state index in [1.54, 1.807) is 0 Å². The van der Waals surface area contributed by atoms with Crippen LogP contribution in [0.2, 0.25) is 0 Å². The topological polar surface area (TPSA) is 25.1 Å². The minimum absolute atomic E-state index is 0.625. The summed E-state index contributed by atoms with van der Waals surface area (Å²) < 4.78 is 10.0. The smallest absolute Gasteiger partial charge is 0.0812 e. The van der Waals surface area contributed by atoms with Crippen molar-refractivity contribution in [3.8, 4) is 0 Å². The van der Waals surface area contributed by atoms with Gasteiger partial charge >= 0.3 is 0 Å². The van der Waals surface area contributed by atoms with Gasteiger partial charge in [-0.15, -0.1) is 0 Å². The lowest BCUT2D eigenvalue weighted by Gasteiger charge is -1.95. The largest absolute Gasteiger partial charge is 0.373 e. The number of unbranched alkanes of at least 4 members (excludes halogenated alkanes) is 1. The van der Waals surface area contributed by atoms with E-state index < -0.39 is 0 Å². The summed E-state index contributed by atoms with van der Waals surface area (Å²) in [7, 11) is 0. The molecule has 2 rings (SSSR count). The van der Waals surface area contributed by atoms with Crippen molar-refractivity contribution in [1.29, 1.82) is 0 Å². The molecule has 0 amide bonds. The van der Waals surface area contributed by atoms with E-state index in [-0.39, 0.29) is 0 Å². The first kappa shape index (κ1) is 12.0. The van der Waals surface area contributed by atoms with Crippen molar-refractivity contribution in [2.24, 2.45) is 5.92 Å². The van der Waals surface area contributed by atoms with Gasteiger partial charge in [0, 0.05) is 0 Å². The molecule has 0 spiro atoms. The minimum Gasteiger partial charge on any atom is -0.373 e. The van der Waals surface area contributed by atoms with Crippen molar-refractivity contribution in [2.45, 2.75) is 58.7 Å². The Bertz CT molecular complexity index is 137. The summed E-state index contributed by atoms with van der Waals surface area (Å²) >= 11 is 0. The van der Waals surface area contributed by atoms with E-state index in [9.17, 15) is 0 Å². The highest BCUT2D eigenvalue weighted by Gasteiger charge is 2.22. The lowest BCUT2D eigenvalue weighted by molar-refractivity contribution is 0.370. The Labute approximate surface area is 88.0 Å². The monoisotopic (exact) mass is 200 g/mol. The van der Waals surface area contributed by atoms with Crippen molar-refractivity contribution in [3.05, 3.63) is 0 Å². The number of rotatable bonds is 5. The maximum Gasteiger partial charge on any atom is 0.0812 e. The summed E-state index contributed by atoms with van der Waals surface area (Å²) in [6, 6.07) is 0. The van der Waals surface area contributed by atoms with Gasteiger partial charge in [0.2, 0.25) is 0 Å². The van der Waals surface area contributed by atoms with Crippen molar-refractivity contribution in [1.82, 2.24) is 0 Å². The highest BCUT2D eigenvalue weighted by atomic mass is 16.6. The average molecular weight is 200 g/mol. The predicted molar refractivity (Wildman–Crippen MR) is 58.5 cm³/mol. The zero-order chi connectivity index (χ0) is 10.4. The van der Waals surface area contributed by atoms with Crippen LogP contribution in [0.3, 0.4) is 0 Å². The molecule has 0 N–H and O–H groups in total. The minimum atomic E-state index is 0.625. The van der Waals surface area contributed by atoms with E-state index in [0.29, 0.717) is 12.2 Å². The number of hydrogen-bond acceptors (Lipinski definition) is 2. The molecule has 2 fully saturated rings. The van der Waals surface area contributed by atoms with Crippen molar-refractivity contribution in [2.75, 3.05) is 13.2 Å². The SMILES string of the molecule is CC(C)CC1CO1.CCCCC1CO1. The van der Waals surface area contributed by atoms with Crippen LogP contribution < -0.4 is 0 Å². The lowest BCUT2D eigenvalue weighted by Crippen LogP contribution is -1.92. The van der Waals surface area contributed by atoms with Gasteiger partial charge in [0.1, 0.15) is 0 Å². The van der Waals surface area contributed by atoms with E-state index in [2.05, 4.69) is 20.8 Å². The maximum atomic E-state index is 5.02. The van der Waals surface area contributed by atoms with Crippen LogP contribution in [0.1, 0.15) is 46.5 Å². The second-order valence-corrected chi connectivity index (χ2v) is 4.68. The Kier molecular flexibility index (Phi) is 5.49. The van der Waals surface area contributed by atoms with Crippen molar-refractivity contribution in [3.63, 3.8) is 0 Å². The average Bonchev–Trinajstić information content (AvgIpc) is 2.95. The first-order chi connectivity index (χ1) is 6.72. The fourth-order valence-electron chi connectivity index (χ4n) is 1.40. The Morgan fingerprint density at radius 2 is 1.71 bits per heavy atom. The molecule has 2 saturated heterocycles. The second kappa shape index (κ2) is 6.41. The predicted octanol–water partition coefficient (Wildman–Crippen LogP) is 3.01. The third kappa shape index (κ3) is 7.34. The van der Waals surface area contributed by atoms with E-state index in [0.717, 1.165) is 19.1 Å². The van der Waals surface area contributed by atoms with Crippen LogP contribution in [0.15, 0.2) is 0 Å². The fraction of sp³-hybridized carbons (Fsp3) is 1.00. The third-order valence-electron chi connectivity index (χ3n) is 2.42. The molecule has 0 aromatic rings. The van der Waals surface area contributed by atoms with Crippen LogP contribution in [0.4, 0.5) is 0 Å². The molecule has 84 valence electrons. The van der Waals surface area contributed by atoms with Crippen molar-refractivity contribution < 1.29 is 9.47 Å². The summed E-state index contributed by atoms with van der Waals surface area (Å²) in [4.78, 5) is 0. The summed E-state index contributed by atoms with van der Waals surface area (Å²) in [5.41, 5.74) is 0. The Morgan fingerprint density at radius 3 is 2.00 bits per heavy atom. The molecule has 0 radical (unpaired) electrons. The van der Waals surface area contributed by atoms with Crippen LogP contribution in [0, 0.1) is 5.92 Å². The molecule has 2 unspecified atom stereocenters. The molecule has 0 aromatic carbocycles. The Balaban J connectivity index is 0.000000140. The van der Waals surface area contributed by atoms with E-state index in [1.165, 1.54) is 25.7 Å². The lowest BCUT2D eigenvalue weighted by atomic mass is 10.1. The zero-order valence-electron chi connectivity index (χ0n) is 9.79.